The average molecular weight is 215 g/mol. The van der Waals surface area contributed by atoms with E-state index in [4.69, 9.17) is 0 Å². The summed E-state index contributed by atoms with van der Waals surface area (Å²) in [5.41, 5.74) is 0. The van der Waals surface area contributed by atoms with Gasteiger partial charge in [-0.3, -0.25) is 0 Å². The Morgan fingerprint density at radius 2 is 1.40 bits per heavy atom. The molecule has 0 spiro atoms. The van der Waals surface area contributed by atoms with Crippen LogP contribution in [0.2, 0.25) is 0 Å². The molecule has 0 saturated carbocycles. The molecule has 1 heterocycles. The van der Waals surface area contributed by atoms with Crippen molar-refractivity contribution >= 4 is 11.8 Å². The monoisotopic (exact) mass is 215 g/mol. The quantitative estimate of drug-likeness (QED) is 0.558. The molecule has 1 rings (SSSR count). The smallest absolute Gasteiger partial charge is 0.595 e. The molecule has 0 N–H and O–H groups in total. The number of hydrogen-bond donors (Lipinski definition) is 0. The molecule has 0 aromatic rings. The van der Waals surface area contributed by atoms with Crippen LogP contribution in [0.5, 0.6) is 0 Å². The maximum absolute atomic E-state index is 10.6. The molecule has 4 heteroatoms. The van der Waals surface area contributed by atoms with E-state index in [1.54, 1.807) is 13.8 Å². The van der Waals surface area contributed by atoms with Crippen molar-refractivity contribution in [3.63, 3.8) is 0 Å². The van der Waals surface area contributed by atoms with E-state index in [2.05, 4.69) is 5.32 Å². The predicted octanol–water partition coefficient (Wildman–Crippen LogP) is 0.697. The molecule has 2 unspecified atom stereocenters. The average Bonchev–Trinajstić information content (AvgIpc) is 1.98. The molecule has 1 aliphatic rings. The number of nitrogens with zero attached hydrogens (tertiary/aromatic N) is 1. The number of rotatable bonds is 0. The van der Waals surface area contributed by atoms with E-state index in [-0.39, 0.29) is 56.4 Å². The largest absolute Gasteiger partial charge is 3.00 e. The minimum atomic E-state index is -0.271. The fourth-order valence-electron chi connectivity index (χ4n) is 0.740. The third-order valence-electron chi connectivity index (χ3n) is 1.75. The van der Waals surface area contributed by atoms with E-state index in [1.807, 2.05) is 0 Å². The number of carbonyl (C=O) groups is 2. The molecule has 1 fully saturated rings. The molecule has 50 valence electrons. The number of amides is 2. The van der Waals surface area contributed by atoms with Gasteiger partial charge < -0.3 is 14.9 Å². The Hall–Kier alpha value is 0.244. The SMILES string of the molecule is CC1C(=O)[N-]C(=O)C1C.[Y+3]. The van der Waals surface area contributed by atoms with Crippen LogP contribution in [0.1, 0.15) is 13.8 Å². The zero-order valence-electron chi connectivity index (χ0n) is 6.00. The van der Waals surface area contributed by atoms with Gasteiger partial charge in [-0.25, -0.2) is 0 Å². The molecule has 2 amide bonds. The molecule has 0 bridgehead atoms. The van der Waals surface area contributed by atoms with Gasteiger partial charge in [-0.2, -0.15) is 0 Å². The van der Waals surface area contributed by atoms with Crippen molar-refractivity contribution in [2.24, 2.45) is 11.8 Å². The Kier molecular flexibility index (Phi) is 3.67. The van der Waals surface area contributed by atoms with Crippen LogP contribution in [-0.2, 0) is 42.3 Å². The van der Waals surface area contributed by atoms with Gasteiger partial charge in [0.1, 0.15) is 0 Å². The Morgan fingerprint density at radius 3 is 1.50 bits per heavy atom. The fourth-order valence-corrected chi connectivity index (χ4v) is 0.740. The van der Waals surface area contributed by atoms with Gasteiger partial charge in [0.05, 0.1) is 11.8 Å². The van der Waals surface area contributed by atoms with E-state index in [0.717, 1.165) is 0 Å². The second-order valence-electron chi connectivity index (χ2n) is 2.37. The molecule has 2 atom stereocenters. The molecule has 0 aromatic carbocycles. The second-order valence-corrected chi connectivity index (χ2v) is 2.37. The van der Waals surface area contributed by atoms with E-state index < -0.39 is 0 Å². The molecular weight excluding hydrogens is 207 g/mol. The summed E-state index contributed by atoms with van der Waals surface area (Å²) in [6, 6.07) is 0. The second kappa shape index (κ2) is 3.58. The standard InChI is InChI=1S/C6H9NO2.Y/c1-3-4(2)6(9)7-5(3)8;/h3-4H,1-2H3,(H,7,8,9);/q;+3/p-1. The fraction of sp³-hybridized carbons (Fsp3) is 0.667. The van der Waals surface area contributed by atoms with E-state index in [9.17, 15) is 9.59 Å². The van der Waals surface area contributed by atoms with Crippen molar-refractivity contribution < 1.29 is 42.3 Å². The number of carbonyl (C=O) groups excluding carboxylic acids is 2. The normalized spacial score (nSPS) is 31.4. The van der Waals surface area contributed by atoms with Gasteiger partial charge in [0, 0.05) is 11.8 Å². The summed E-state index contributed by atoms with van der Waals surface area (Å²) in [5.74, 6) is -0.935. The molecule has 1 aliphatic heterocycles. The van der Waals surface area contributed by atoms with Crippen molar-refractivity contribution in [1.82, 2.24) is 0 Å². The molecular formula is C6H8NO2Y+2. The van der Waals surface area contributed by atoms with Crippen molar-refractivity contribution in [2.75, 3.05) is 0 Å². The van der Waals surface area contributed by atoms with Crippen LogP contribution in [0.15, 0.2) is 0 Å². The van der Waals surface area contributed by atoms with Crippen LogP contribution >= 0.6 is 0 Å². The summed E-state index contributed by atoms with van der Waals surface area (Å²) in [6.07, 6.45) is 0. The molecule has 0 aromatic heterocycles. The first-order valence-corrected chi connectivity index (χ1v) is 2.92. The summed E-state index contributed by atoms with van der Waals surface area (Å²) < 4.78 is 0. The van der Waals surface area contributed by atoms with Crippen LogP contribution in [0.25, 0.3) is 5.32 Å². The minimum Gasteiger partial charge on any atom is -0.595 e. The van der Waals surface area contributed by atoms with Gasteiger partial charge >= 0.3 is 32.7 Å². The molecule has 10 heavy (non-hydrogen) atoms. The van der Waals surface area contributed by atoms with Gasteiger partial charge in [-0.15, -0.1) is 0 Å². The van der Waals surface area contributed by atoms with Crippen LogP contribution < -0.4 is 0 Å². The van der Waals surface area contributed by atoms with Gasteiger partial charge in [0.15, 0.2) is 0 Å². The van der Waals surface area contributed by atoms with Crippen LogP contribution in [-0.4, -0.2) is 11.8 Å². The number of hydrogen-bond acceptors (Lipinski definition) is 2. The Morgan fingerprint density at radius 1 is 1.10 bits per heavy atom. The maximum Gasteiger partial charge on any atom is 3.00 e. The predicted molar refractivity (Wildman–Crippen MR) is 31.7 cm³/mol. The van der Waals surface area contributed by atoms with Crippen molar-refractivity contribution in [1.29, 1.82) is 0 Å². The minimum absolute atomic E-state index is 0. The zero-order valence-corrected chi connectivity index (χ0v) is 8.83. The van der Waals surface area contributed by atoms with Crippen molar-refractivity contribution in [3.8, 4) is 0 Å². The summed E-state index contributed by atoms with van der Waals surface area (Å²) in [6.45, 7) is 3.45. The Balaban J connectivity index is 0.000000810. The van der Waals surface area contributed by atoms with Crippen LogP contribution in [0.4, 0.5) is 0 Å². The zero-order chi connectivity index (χ0) is 7.02. The first kappa shape index (κ1) is 10.2. The van der Waals surface area contributed by atoms with Gasteiger partial charge in [0.25, 0.3) is 0 Å². The van der Waals surface area contributed by atoms with Crippen LogP contribution in [0, 0.1) is 11.8 Å². The first-order chi connectivity index (χ1) is 4.13. The topological polar surface area (TPSA) is 48.2 Å². The third-order valence-corrected chi connectivity index (χ3v) is 1.75. The van der Waals surface area contributed by atoms with Crippen molar-refractivity contribution in [3.05, 3.63) is 5.32 Å². The van der Waals surface area contributed by atoms with E-state index in [0.29, 0.717) is 0 Å². The first-order valence-electron chi connectivity index (χ1n) is 2.92. The van der Waals surface area contributed by atoms with Gasteiger partial charge in [-0.1, -0.05) is 13.8 Å². The molecule has 3 nitrogen and oxygen atoms in total. The molecule has 0 radical (unpaired) electrons. The summed E-state index contributed by atoms with van der Waals surface area (Å²) in [5, 5.41) is 3.27. The Labute approximate surface area is 84.8 Å². The molecule has 0 aliphatic carbocycles. The maximum atomic E-state index is 10.6. The van der Waals surface area contributed by atoms with Gasteiger partial charge in [-0.05, 0) is 0 Å². The number of imide groups is 1. The molecule has 1 saturated heterocycles. The third kappa shape index (κ3) is 1.64. The van der Waals surface area contributed by atoms with Crippen molar-refractivity contribution in [2.45, 2.75) is 13.8 Å². The van der Waals surface area contributed by atoms with Crippen LogP contribution in [0.3, 0.4) is 0 Å². The van der Waals surface area contributed by atoms with Gasteiger partial charge in [0.2, 0.25) is 0 Å². The van der Waals surface area contributed by atoms with E-state index in [1.165, 1.54) is 0 Å². The summed E-state index contributed by atoms with van der Waals surface area (Å²) in [4.78, 5) is 21.2. The summed E-state index contributed by atoms with van der Waals surface area (Å²) in [7, 11) is 0. The Bertz CT molecular complexity index is 151. The summed E-state index contributed by atoms with van der Waals surface area (Å²) >= 11 is 0. The van der Waals surface area contributed by atoms with E-state index >= 15 is 0 Å².